The zero-order valence-corrected chi connectivity index (χ0v) is 19.0. The van der Waals surface area contributed by atoms with Gasteiger partial charge in [0, 0.05) is 4.88 Å². The number of aliphatic hydroxyl groups is 1. The second-order valence-electron chi connectivity index (χ2n) is 8.09. The van der Waals surface area contributed by atoms with Gasteiger partial charge in [0.1, 0.15) is 11.6 Å². The summed E-state index contributed by atoms with van der Waals surface area (Å²) in [4.78, 5) is 12.8. The van der Waals surface area contributed by atoms with Crippen molar-refractivity contribution in [3.63, 3.8) is 0 Å². The lowest BCUT2D eigenvalue weighted by Gasteiger charge is -2.19. The Hall–Kier alpha value is -1.64. The van der Waals surface area contributed by atoms with E-state index in [4.69, 9.17) is 0 Å². The molecule has 0 saturated carbocycles. The second kappa shape index (κ2) is 9.02. The van der Waals surface area contributed by atoms with E-state index < -0.39 is 27.9 Å². The fourth-order valence-corrected chi connectivity index (χ4v) is 5.00. The molecule has 1 amide bonds. The molecule has 0 saturated heterocycles. The van der Waals surface area contributed by atoms with Crippen molar-refractivity contribution >= 4 is 27.8 Å². The fraction of sp³-hybridized carbons (Fsp3) is 0.476. The van der Waals surface area contributed by atoms with Gasteiger partial charge < -0.3 is 13.7 Å². The van der Waals surface area contributed by atoms with Gasteiger partial charge in [-0.15, -0.1) is 10.6 Å². The summed E-state index contributed by atoms with van der Waals surface area (Å²) in [6, 6.07) is 3.92. The van der Waals surface area contributed by atoms with Crippen molar-refractivity contribution in [1.82, 2.24) is 0 Å². The van der Waals surface area contributed by atoms with Gasteiger partial charge in [0.25, 0.3) is 0 Å². The molecule has 29 heavy (non-hydrogen) atoms. The highest BCUT2D eigenvalue weighted by Gasteiger charge is 2.21. The molecule has 0 bridgehead atoms. The monoisotopic (exact) mass is 442 g/mol. The van der Waals surface area contributed by atoms with Crippen LogP contribution in [0.4, 0.5) is 8.78 Å². The van der Waals surface area contributed by atoms with E-state index in [0.29, 0.717) is 21.6 Å². The number of carbonyl (C=O) groups excluding carboxylic acids is 1. The molecule has 0 aliphatic carbocycles. The van der Waals surface area contributed by atoms with E-state index in [2.05, 4.69) is 4.36 Å². The third-order valence-electron chi connectivity index (χ3n) is 4.46. The maximum Gasteiger partial charge on any atom is 0.227 e. The van der Waals surface area contributed by atoms with E-state index in [0.717, 1.165) is 17.4 Å². The van der Waals surface area contributed by atoms with Gasteiger partial charge in [-0.1, -0.05) is 27.7 Å². The first-order chi connectivity index (χ1) is 13.3. The summed E-state index contributed by atoms with van der Waals surface area (Å²) in [5.41, 5.74) is 0.792. The summed E-state index contributed by atoms with van der Waals surface area (Å²) in [6.45, 7) is 10.6. The number of hydrogen-bond donors (Lipinski definition) is 1. The van der Waals surface area contributed by atoms with Crippen molar-refractivity contribution in [2.75, 3.05) is 0 Å². The molecule has 0 spiro atoms. The molecule has 1 aromatic heterocycles. The van der Waals surface area contributed by atoms with Gasteiger partial charge in [-0.2, -0.15) is 11.3 Å². The van der Waals surface area contributed by atoms with Crippen LogP contribution in [0.5, 0.6) is 0 Å². The molecule has 0 unspecified atom stereocenters. The van der Waals surface area contributed by atoms with Crippen LogP contribution in [0.25, 0.3) is 0 Å². The minimum absolute atomic E-state index is 0.0134. The highest BCUT2D eigenvalue weighted by molar-refractivity contribution is 7.78. The first-order valence-electron chi connectivity index (χ1n) is 9.32. The van der Waals surface area contributed by atoms with E-state index >= 15 is 0 Å². The number of hydrogen-bond acceptors (Lipinski definition) is 5. The Labute approximate surface area is 176 Å². The van der Waals surface area contributed by atoms with Gasteiger partial charge in [-0.25, -0.2) is 8.78 Å². The standard InChI is InChI=1S/C21H26F2NO3S2/c1-11(2)14-7-13(22)8-15(12(3)4)16(14)9-19(25)24-29(27)20-17(23)10-18(28-20)21(5,6)26/h7-8,10-12,26H,9H2,1-6H3/q-1. The zero-order chi connectivity index (χ0) is 22.1. The van der Waals surface area contributed by atoms with Gasteiger partial charge in [0.05, 0.1) is 12.0 Å². The quantitative estimate of drug-likeness (QED) is 0.577. The molecular formula is C21H26F2NO3S2-. The molecule has 0 radical (unpaired) electrons. The third kappa shape index (κ3) is 5.71. The van der Waals surface area contributed by atoms with Crippen LogP contribution in [0.15, 0.2) is 26.8 Å². The molecule has 1 aromatic carbocycles. The predicted molar refractivity (Wildman–Crippen MR) is 112 cm³/mol. The van der Waals surface area contributed by atoms with E-state index in [1.807, 2.05) is 27.7 Å². The van der Waals surface area contributed by atoms with Crippen molar-refractivity contribution in [3.8, 4) is 0 Å². The SMILES string of the molecule is CC(C)c1cc(F)cc(C(C)C)c1CC(=O)N=[S-](=O)c1sc(C(C)(C)O)cc1F. The van der Waals surface area contributed by atoms with Crippen molar-refractivity contribution in [2.45, 2.75) is 69.6 Å². The zero-order valence-electron chi connectivity index (χ0n) is 17.4. The summed E-state index contributed by atoms with van der Waals surface area (Å²) in [5, 5.41) is 9.99. The number of carbonyl (C=O) groups is 1. The van der Waals surface area contributed by atoms with Crippen molar-refractivity contribution in [1.29, 1.82) is 0 Å². The summed E-state index contributed by atoms with van der Waals surface area (Å²) in [6.07, 6.45) is -0.140. The van der Waals surface area contributed by atoms with E-state index in [9.17, 15) is 22.9 Å². The van der Waals surface area contributed by atoms with Crippen LogP contribution in [0.3, 0.4) is 0 Å². The molecular weight excluding hydrogens is 416 g/mol. The van der Waals surface area contributed by atoms with Crippen molar-refractivity contribution < 1.29 is 22.9 Å². The third-order valence-corrected chi connectivity index (χ3v) is 7.23. The number of thiophene rings is 1. The number of amides is 1. The Kier molecular flexibility index (Phi) is 7.35. The highest BCUT2D eigenvalue weighted by Crippen LogP contribution is 2.32. The highest BCUT2D eigenvalue weighted by atomic mass is 32.2. The number of halogens is 2. The topological polar surface area (TPSA) is 66.7 Å². The van der Waals surface area contributed by atoms with Crippen LogP contribution >= 0.6 is 11.3 Å². The van der Waals surface area contributed by atoms with Gasteiger partial charge in [-0.3, -0.25) is 4.79 Å². The van der Waals surface area contributed by atoms with Crippen molar-refractivity contribution in [3.05, 3.63) is 51.4 Å². The Morgan fingerprint density at radius 1 is 1.14 bits per heavy atom. The molecule has 8 heteroatoms. The van der Waals surface area contributed by atoms with E-state index in [1.165, 1.54) is 26.0 Å². The number of nitrogens with zero attached hydrogens (tertiary/aromatic N) is 1. The molecule has 4 nitrogen and oxygen atoms in total. The lowest BCUT2D eigenvalue weighted by atomic mass is 9.87. The lowest BCUT2D eigenvalue weighted by molar-refractivity contribution is -0.117. The first kappa shape index (κ1) is 23.6. The fourth-order valence-electron chi connectivity index (χ4n) is 3.00. The Balaban J connectivity index is 2.41. The first-order valence-corrected chi connectivity index (χ1v) is 11.2. The molecule has 0 aliphatic rings. The summed E-state index contributed by atoms with van der Waals surface area (Å²) in [7, 11) is -2.22. The maximum atomic E-state index is 14.1. The summed E-state index contributed by atoms with van der Waals surface area (Å²) in [5.74, 6) is -1.83. The van der Waals surface area contributed by atoms with Gasteiger partial charge >= 0.3 is 0 Å². The summed E-state index contributed by atoms with van der Waals surface area (Å²) >= 11 is 0.820. The van der Waals surface area contributed by atoms with Crippen LogP contribution < -0.4 is 0 Å². The largest absolute Gasteiger partial charge is 0.439 e. The molecule has 1 heterocycles. The average molecular weight is 443 g/mol. The van der Waals surface area contributed by atoms with Crippen LogP contribution in [-0.4, -0.2) is 11.0 Å². The average Bonchev–Trinajstić information content (AvgIpc) is 2.97. The normalized spacial score (nSPS) is 13.5. The molecule has 0 atom stereocenters. The minimum Gasteiger partial charge on any atom is -0.439 e. The van der Waals surface area contributed by atoms with Crippen LogP contribution in [0.2, 0.25) is 0 Å². The minimum atomic E-state index is -2.22. The molecule has 2 rings (SSSR count). The summed E-state index contributed by atoms with van der Waals surface area (Å²) < 4.78 is 44.1. The Morgan fingerprint density at radius 2 is 1.66 bits per heavy atom. The van der Waals surface area contributed by atoms with Crippen molar-refractivity contribution in [2.24, 2.45) is 4.36 Å². The molecule has 160 valence electrons. The second-order valence-corrected chi connectivity index (χ2v) is 10.5. The maximum absolute atomic E-state index is 14.1. The van der Waals surface area contributed by atoms with Gasteiger partial charge in [0.15, 0.2) is 0 Å². The lowest BCUT2D eigenvalue weighted by Crippen LogP contribution is -2.12. The predicted octanol–water partition coefficient (Wildman–Crippen LogP) is 5.78. The smallest absolute Gasteiger partial charge is 0.227 e. The molecule has 0 fully saturated rings. The molecule has 0 aliphatic heterocycles. The Morgan fingerprint density at radius 3 is 2.07 bits per heavy atom. The van der Waals surface area contributed by atoms with E-state index in [-0.39, 0.29) is 28.3 Å². The van der Waals surface area contributed by atoms with Gasteiger partial charge in [0.2, 0.25) is 5.91 Å². The van der Waals surface area contributed by atoms with Gasteiger partial charge in [-0.05, 0) is 64.8 Å². The van der Waals surface area contributed by atoms with Crippen LogP contribution in [0.1, 0.15) is 74.9 Å². The van der Waals surface area contributed by atoms with E-state index in [1.54, 1.807) is 0 Å². The Bertz CT molecular complexity index is 969. The molecule has 1 N–H and O–H groups in total. The molecule has 2 aromatic rings. The van der Waals surface area contributed by atoms with Crippen LogP contribution in [-0.2, 0) is 31.6 Å². The number of rotatable bonds is 6. The van der Waals surface area contributed by atoms with Crippen LogP contribution in [0, 0.1) is 11.6 Å². The number of benzene rings is 1.